The molecule has 9 heteroatoms. The summed E-state index contributed by atoms with van der Waals surface area (Å²) < 4.78 is 28.0. The second-order valence-corrected chi connectivity index (χ2v) is 11.4. The third kappa shape index (κ3) is 5.94. The van der Waals surface area contributed by atoms with E-state index < -0.39 is 10.0 Å². The van der Waals surface area contributed by atoms with Crippen molar-refractivity contribution in [3.8, 4) is 0 Å². The number of nitrogens with zero attached hydrogens (tertiary/aromatic N) is 2. The maximum atomic E-state index is 13.2. The third-order valence-electron chi connectivity index (χ3n) is 6.39. The van der Waals surface area contributed by atoms with Crippen molar-refractivity contribution in [2.24, 2.45) is 5.92 Å². The van der Waals surface area contributed by atoms with Crippen LogP contribution in [0.3, 0.4) is 0 Å². The van der Waals surface area contributed by atoms with Crippen molar-refractivity contribution >= 4 is 44.1 Å². The molecule has 0 aliphatic carbocycles. The fourth-order valence-corrected chi connectivity index (χ4v) is 6.44. The SMILES string of the molecule is Cc1ccc(C)c(S(=O)(=O)N2CCC[C@@H](C(=O)NCCCNc3ccnc4cc(Cl)ccc34)C2)c1. The van der Waals surface area contributed by atoms with Crippen LogP contribution in [0.1, 0.15) is 30.4 Å². The second-order valence-electron chi connectivity index (χ2n) is 9.06. The highest BCUT2D eigenvalue weighted by Crippen LogP contribution is 2.27. The van der Waals surface area contributed by atoms with Crippen LogP contribution >= 0.6 is 11.6 Å². The fourth-order valence-electron chi connectivity index (χ4n) is 4.44. The quantitative estimate of drug-likeness (QED) is 0.431. The molecule has 0 saturated carbocycles. The van der Waals surface area contributed by atoms with Crippen molar-refractivity contribution in [3.63, 3.8) is 0 Å². The Labute approximate surface area is 211 Å². The van der Waals surface area contributed by atoms with E-state index in [1.54, 1.807) is 19.2 Å². The lowest BCUT2D eigenvalue weighted by atomic mass is 9.99. The molecular weight excluding hydrogens is 484 g/mol. The zero-order chi connectivity index (χ0) is 25.0. The Kier molecular flexibility index (Phi) is 7.94. The first-order valence-electron chi connectivity index (χ1n) is 11.9. The normalized spacial score (nSPS) is 16.8. The predicted molar refractivity (Wildman–Crippen MR) is 140 cm³/mol. The molecule has 2 heterocycles. The number of rotatable bonds is 8. The molecule has 1 aliphatic heterocycles. The van der Waals surface area contributed by atoms with Gasteiger partial charge in [-0.05, 0) is 74.6 Å². The van der Waals surface area contributed by atoms with Crippen LogP contribution in [0.2, 0.25) is 5.02 Å². The average molecular weight is 515 g/mol. The molecule has 3 aromatic rings. The predicted octanol–water partition coefficient (Wildman–Crippen LogP) is 4.52. The number of amides is 1. The van der Waals surface area contributed by atoms with Gasteiger partial charge in [-0.15, -0.1) is 0 Å². The lowest BCUT2D eigenvalue weighted by molar-refractivity contribution is -0.126. The van der Waals surface area contributed by atoms with E-state index in [1.807, 2.05) is 43.3 Å². The van der Waals surface area contributed by atoms with Gasteiger partial charge < -0.3 is 10.6 Å². The molecule has 0 unspecified atom stereocenters. The largest absolute Gasteiger partial charge is 0.384 e. The number of hydrogen-bond acceptors (Lipinski definition) is 5. The summed E-state index contributed by atoms with van der Waals surface area (Å²) in [5, 5.41) is 8.02. The molecule has 1 saturated heterocycles. The monoisotopic (exact) mass is 514 g/mol. The van der Waals surface area contributed by atoms with Crippen LogP contribution in [0.5, 0.6) is 0 Å². The molecule has 7 nitrogen and oxygen atoms in total. The van der Waals surface area contributed by atoms with Crippen LogP contribution in [-0.2, 0) is 14.8 Å². The molecule has 0 bridgehead atoms. The summed E-state index contributed by atoms with van der Waals surface area (Å²) in [5.74, 6) is -0.430. The van der Waals surface area contributed by atoms with Crippen LogP contribution in [0.25, 0.3) is 10.9 Å². The van der Waals surface area contributed by atoms with E-state index in [2.05, 4.69) is 15.6 Å². The van der Waals surface area contributed by atoms with E-state index in [-0.39, 0.29) is 18.4 Å². The van der Waals surface area contributed by atoms with Crippen LogP contribution < -0.4 is 10.6 Å². The maximum Gasteiger partial charge on any atom is 0.243 e. The third-order valence-corrected chi connectivity index (χ3v) is 8.63. The number of benzene rings is 2. The summed E-state index contributed by atoms with van der Waals surface area (Å²) in [6.45, 7) is 5.53. The number of pyridine rings is 1. The summed E-state index contributed by atoms with van der Waals surface area (Å²) in [6.07, 6.45) is 3.83. The molecule has 4 rings (SSSR count). The van der Waals surface area contributed by atoms with Gasteiger partial charge in [-0.3, -0.25) is 9.78 Å². The van der Waals surface area contributed by atoms with Gasteiger partial charge in [-0.1, -0.05) is 23.7 Å². The molecule has 1 aromatic heterocycles. The zero-order valence-electron chi connectivity index (χ0n) is 20.1. The van der Waals surface area contributed by atoms with Gasteiger partial charge in [0.1, 0.15) is 0 Å². The van der Waals surface area contributed by atoms with Crippen LogP contribution in [0.15, 0.2) is 53.6 Å². The number of anilines is 1. The Morgan fingerprint density at radius 2 is 1.97 bits per heavy atom. The van der Waals surface area contributed by atoms with Crippen molar-refractivity contribution < 1.29 is 13.2 Å². The minimum absolute atomic E-state index is 0.0881. The number of aromatic nitrogens is 1. The van der Waals surface area contributed by atoms with Gasteiger partial charge in [-0.25, -0.2) is 8.42 Å². The molecule has 0 radical (unpaired) electrons. The molecule has 35 heavy (non-hydrogen) atoms. The van der Waals surface area contributed by atoms with Crippen molar-refractivity contribution in [1.29, 1.82) is 0 Å². The van der Waals surface area contributed by atoms with Gasteiger partial charge in [0.05, 0.1) is 16.3 Å². The lowest BCUT2D eigenvalue weighted by Crippen LogP contribution is -2.45. The number of hydrogen-bond donors (Lipinski definition) is 2. The fraction of sp³-hybridized carbons (Fsp3) is 0.385. The van der Waals surface area contributed by atoms with E-state index >= 15 is 0 Å². The minimum atomic E-state index is -3.63. The van der Waals surface area contributed by atoms with E-state index in [0.29, 0.717) is 42.4 Å². The average Bonchev–Trinajstić information content (AvgIpc) is 2.85. The standard InChI is InChI=1S/C26H31ClN4O3S/c1-18-6-7-19(2)25(15-18)35(33,34)31-14-3-5-20(17-31)26(32)30-12-4-11-28-23-10-13-29-24-16-21(27)8-9-22(23)24/h6-10,13,15-16,20H,3-5,11-12,14,17H2,1-2H3,(H,28,29)(H,30,32)/t20-/m1/s1. The number of halogens is 1. The summed E-state index contributed by atoms with van der Waals surface area (Å²) >= 11 is 6.05. The highest BCUT2D eigenvalue weighted by atomic mass is 35.5. The van der Waals surface area contributed by atoms with Crippen molar-refractivity contribution in [3.05, 3.63) is 64.8 Å². The number of aryl methyl sites for hydroxylation is 2. The van der Waals surface area contributed by atoms with E-state index in [9.17, 15) is 13.2 Å². The maximum absolute atomic E-state index is 13.2. The summed E-state index contributed by atoms with van der Waals surface area (Å²) in [5.41, 5.74) is 3.42. The Balaban J connectivity index is 1.28. The number of fused-ring (bicyclic) bond motifs is 1. The van der Waals surface area contributed by atoms with Crippen LogP contribution in [0.4, 0.5) is 5.69 Å². The van der Waals surface area contributed by atoms with Crippen LogP contribution in [-0.4, -0.2) is 49.8 Å². The molecule has 1 aliphatic rings. The molecule has 186 valence electrons. The molecule has 2 N–H and O–H groups in total. The molecular formula is C26H31ClN4O3S. The van der Waals surface area contributed by atoms with Crippen molar-refractivity contribution in [1.82, 2.24) is 14.6 Å². The second kappa shape index (κ2) is 10.9. The Hall–Kier alpha value is -2.68. The molecule has 2 aromatic carbocycles. The Bertz CT molecular complexity index is 1330. The summed E-state index contributed by atoms with van der Waals surface area (Å²) in [4.78, 5) is 17.5. The van der Waals surface area contributed by atoms with Gasteiger partial charge in [0.25, 0.3) is 0 Å². The minimum Gasteiger partial charge on any atom is -0.384 e. The topological polar surface area (TPSA) is 91.4 Å². The van der Waals surface area contributed by atoms with Gasteiger partial charge in [0.15, 0.2) is 0 Å². The van der Waals surface area contributed by atoms with E-state index in [0.717, 1.165) is 34.1 Å². The highest BCUT2D eigenvalue weighted by molar-refractivity contribution is 7.89. The summed E-state index contributed by atoms with van der Waals surface area (Å²) in [6, 6.07) is 13.0. The van der Waals surface area contributed by atoms with E-state index in [1.165, 1.54) is 4.31 Å². The first-order chi connectivity index (χ1) is 16.8. The molecule has 1 atom stereocenters. The highest BCUT2D eigenvalue weighted by Gasteiger charge is 2.33. The van der Waals surface area contributed by atoms with Crippen LogP contribution in [0, 0.1) is 19.8 Å². The lowest BCUT2D eigenvalue weighted by Gasteiger charge is -2.31. The molecule has 0 spiro atoms. The first-order valence-corrected chi connectivity index (χ1v) is 13.7. The number of piperidine rings is 1. The molecule has 1 amide bonds. The van der Waals surface area contributed by atoms with E-state index in [4.69, 9.17) is 11.6 Å². The smallest absolute Gasteiger partial charge is 0.243 e. The molecule has 1 fully saturated rings. The Morgan fingerprint density at radius 3 is 2.80 bits per heavy atom. The number of sulfonamides is 1. The first kappa shape index (κ1) is 25.4. The number of carbonyl (C=O) groups is 1. The number of carbonyl (C=O) groups excluding carboxylic acids is 1. The van der Waals surface area contributed by atoms with Crippen molar-refractivity contribution in [2.45, 2.75) is 38.0 Å². The summed E-state index contributed by atoms with van der Waals surface area (Å²) in [7, 11) is -3.63. The van der Waals surface area contributed by atoms with Gasteiger partial charge in [0.2, 0.25) is 15.9 Å². The zero-order valence-corrected chi connectivity index (χ0v) is 21.6. The van der Waals surface area contributed by atoms with Gasteiger partial charge >= 0.3 is 0 Å². The Morgan fingerprint density at radius 1 is 1.14 bits per heavy atom. The van der Waals surface area contributed by atoms with Gasteiger partial charge in [0, 0.05) is 48.5 Å². The van der Waals surface area contributed by atoms with Crippen molar-refractivity contribution in [2.75, 3.05) is 31.5 Å². The number of nitrogens with one attached hydrogen (secondary N) is 2. The van der Waals surface area contributed by atoms with Gasteiger partial charge in [-0.2, -0.15) is 4.31 Å².